The molecule has 8 rings (SSSR count). The maximum Gasteiger partial charge on any atom is 0.329 e. The molecule has 8 N–H and O–H groups in total. The van der Waals surface area contributed by atoms with E-state index in [1.54, 1.807) is 29.1 Å². The molecule has 1 aliphatic carbocycles. The standard InChI is InChI=1S/C38H41N11O6/c50-20-27-35(53)49(38(55)44-27)29-16-28(31(51)32(29)52)48-21-41-30-33(40-18-26(22-8-3-1-4-9-22)23-10-5-2-6-11-23)45-36(46-34(30)48)47-15-13-25(19-47)43-37(54)42-24-12-7-14-39-17-24/h1-12,14,17,21,25-26,28-29,31-32,50-53H,13,15-16,18-20H2,(H,44,55)(H,40,45,46)(H2,42,43,54)/t25?,28-,29+,31+,32-/m1/s1. The fourth-order valence-electron chi connectivity index (χ4n) is 7.68. The first-order chi connectivity index (χ1) is 26.8. The van der Waals surface area contributed by atoms with E-state index in [0.717, 1.165) is 15.7 Å². The summed E-state index contributed by atoms with van der Waals surface area (Å²) in [6.45, 7) is 0.817. The van der Waals surface area contributed by atoms with E-state index in [2.05, 4.69) is 50.2 Å². The topological polar surface area (TPSA) is 232 Å². The maximum atomic E-state index is 12.8. The highest BCUT2D eigenvalue weighted by molar-refractivity contribution is 5.89. The second-order valence-corrected chi connectivity index (χ2v) is 13.8. The molecular formula is C38H41N11O6. The number of amides is 2. The van der Waals surface area contributed by atoms with Gasteiger partial charge in [0.05, 0.1) is 36.9 Å². The Kier molecular flexibility index (Phi) is 9.88. The Bertz CT molecular complexity index is 2280. The van der Waals surface area contributed by atoms with Crippen molar-refractivity contribution in [2.45, 2.75) is 55.7 Å². The molecule has 1 aliphatic heterocycles. The lowest BCUT2D eigenvalue weighted by Crippen LogP contribution is -2.40. The zero-order valence-electron chi connectivity index (χ0n) is 29.6. The van der Waals surface area contributed by atoms with E-state index in [9.17, 15) is 30.0 Å². The predicted octanol–water partition coefficient (Wildman–Crippen LogP) is 2.46. The van der Waals surface area contributed by atoms with E-state index in [1.807, 2.05) is 41.3 Å². The van der Waals surface area contributed by atoms with Crippen molar-refractivity contribution in [2.24, 2.45) is 0 Å². The van der Waals surface area contributed by atoms with Gasteiger partial charge in [-0.2, -0.15) is 9.97 Å². The first-order valence-electron chi connectivity index (χ1n) is 18.1. The molecule has 0 bridgehead atoms. The number of imidazole rings is 2. The van der Waals surface area contributed by atoms with Gasteiger partial charge in [0, 0.05) is 37.8 Å². The molecule has 1 unspecified atom stereocenters. The summed E-state index contributed by atoms with van der Waals surface area (Å²) >= 11 is 0. The average molecular weight is 748 g/mol. The van der Waals surface area contributed by atoms with Gasteiger partial charge in [-0.1, -0.05) is 60.7 Å². The third-order valence-corrected chi connectivity index (χ3v) is 10.5. The fourth-order valence-corrected chi connectivity index (χ4v) is 7.68. The number of pyridine rings is 1. The normalized spacial score (nSPS) is 21.0. The monoisotopic (exact) mass is 747 g/mol. The lowest BCUT2D eigenvalue weighted by Gasteiger charge is -2.22. The third kappa shape index (κ3) is 7.07. The molecule has 5 heterocycles. The van der Waals surface area contributed by atoms with Gasteiger partial charge in [-0.3, -0.25) is 9.55 Å². The number of hydrogen-bond acceptors (Lipinski definition) is 12. The van der Waals surface area contributed by atoms with E-state index in [-0.39, 0.29) is 30.1 Å². The summed E-state index contributed by atoms with van der Waals surface area (Å²) in [5, 5.41) is 52.2. The van der Waals surface area contributed by atoms with Crippen molar-refractivity contribution in [1.82, 2.24) is 39.4 Å². The number of nitrogens with one attached hydrogen (secondary N) is 4. The van der Waals surface area contributed by atoms with Crippen molar-refractivity contribution in [3.63, 3.8) is 0 Å². The van der Waals surface area contributed by atoms with Crippen molar-refractivity contribution in [1.29, 1.82) is 0 Å². The first-order valence-corrected chi connectivity index (χ1v) is 18.1. The summed E-state index contributed by atoms with van der Waals surface area (Å²) in [5.41, 5.74) is 2.80. The Morgan fingerprint density at radius 1 is 0.964 bits per heavy atom. The van der Waals surface area contributed by atoms with E-state index in [4.69, 9.17) is 15.0 Å². The van der Waals surface area contributed by atoms with Crippen LogP contribution in [0.5, 0.6) is 5.88 Å². The molecule has 6 aromatic rings. The molecule has 2 aromatic carbocycles. The SMILES string of the molecule is O=C(Nc1cccnc1)NC1CCN(c2nc(NCC(c3ccccc3)c3ccccc3)c3ncn([C@@H]4C[C@H](n5c(O)c(CO)[nH]c5=O)[C@@H](O)[C@H]4O)c3n2)C1. The van der Waals surface area contributed by atoms with Gasteiger partial charge in [0.1, 0.15) is 17.9 Å². The average Bonchev–Trinajstić information content (AvgIpc) is 3.98. The van der Waals surface area contributed by atoms with Gasteiger partial charge in [-0.05, 0) is 36.1 Å². The number of urea groups is 1. The Labute approximate surface area is 314 Å². The summed E-state index contributed by atoms with van der Waals surface area (Å²) in [7, 11) is 0. The second kappa shape index (κ2) is 15.2. The molecule has 2 amide bonds. The minimum Gasteiger partial charge on any atom is -0.493 e. The van der Waals surface area contributed by atoms with Crippen LogP contribution in [0.2, 0.25) is 0 Å². The molecule has 55 heavy (non-hydrogen) atoms. The maximum absolute atomic E-state index is 12.8. The first kappa shape index (κ1) is 35.7. The zero-order valence-corrected chi connectivity index (χ0v) is 29.6. The van der Waals surface area contributed by atoms with Crippen LogP contribution in [0.25, 0.3) is 11.2 Å². The van der Waals surface area contributed by atoms with Gasteiger partial charge < -0.3 is 50.8 Å². The number of benzene rings is 2. The number of anilines is 3. The fraction of sp³-hybridized carbons (Fsp3) is 0.316. The van der Waals surface area contributed by atoms with Crippen LogP contribution in [-0.2, 0) is 6.61 Å². The number of rotatable bonds is 11. The minimum absolute atomic E-state index is 0.0396. The van der Waals surface area contributed by atoms with Crippen molar-refractivity contribution in [3.8, 4) is 5.88 Å². The number of aliphatic hydroxyl groups is 3. The summed E-state index contributed by atoms with van der Waals surface area (Å²) in [6.07, 6.45) is 2.59. The Balaban J connectivity index is 1.12. The van der Waals surface area contributed by atoms with Gasteiger partial charge in [0.2, 0.25) is 11.8 Å². The number of carbonyl (C=O) groups excluding carboxylic acids is 1. The highest BCUT2D eigenvalue weighted by atomic mass is 16.3. The van der Waals surface area contributed by atoms with Gasteiger partial charge >= 0.3 is 11.7 Å². The lowest BCUT2D eigenvalue weighted by atomic mass is 9.91. The smallest absolute Gasteiger partial charge is 0.329 e. The molecule has 1 saturated carbocycles. The van der Waals surface area contributed by atoms with Crippen molar-refractivity contribution < 1.29 is 25.2 Å². The molecule has 4 aromatic heterocycles. The van der Waals surface area contributed by atoms with Gasteiger partial charge in [-0.25, -0.2) is 14.6 Å². The Morgan fingerprint density at radius 3 is 2.36 bits per heavy atom. The van der Waals surface area contributed by atoms with E-state index >= 15 is 0 Å². The number of aliphatic hydroxyl groups excluding tert-OH is 3. The number of nitrogens with zero attached hydrogens (tertiary/aromatic N) is 7. The summed E-state index contributed by atoms with van der Waals surface area (Å²) < 4.78 is 2.63. The van der Waals surface area contributed by atoms with E-state index in [0.29, 0.717) is 54.7 Å². The molecular weight excluding hydrogens is 706 g/mol. The number of aromatic amines is 1. The quantitative estimate of drug-likeness (QED) is 0.0956. The molecule has 1 saturated heterocycles. The second-order valence-electron chi connectivity index (χ2n) is 13.8. The predicted molar refractivity (Wildman–Crippen MR) is 203 cm³/mol. The molecule has 0 spiro atoms. The van der Waals surface area contributed by atoms with Crippen LogP contribution in [0.3, 0.4) is 0 Å². The molecule has 2 aliphatic rings. The van der Waals surface area contributed by atoms with Gasteiger partial charge in [0.25, 0.3) is 0 Å². The number of aromatic nitrogens is 7. The Morgan fingerprint density at radius 2 is 1.69 bits per heavy atom. The third-order valence-electron chi connectivity index (χ3n) is 10.5. The molecule has 2 fully saturated rings. The molecule has 17 heteroatoms. The molecule has 5 atom stereocenters. The summed E-state index contributed by atoms with van der Waals surface area (Å²) in [5.74, 6) is 0.286. The van der Waals surface area contributed by atoms with Crippen molar-refractivity contribution in [2.75, 3.05) is 35.2 Å². The minimum atomic E-state index is -1.44. The van der Waals surface area contributed by atoms with Gasteiger partial charge in [-0.15, -0.1) is 0 Å². The van der Waals surface area contributed by atoms with Crippen LogP contribution in [0, 0.1) is 0 Å². The highest BCUT2D eigenvalue weighted by Crippen LogP contribution is 2.41. The van der Waals surface area contributed by atoms with Crippen molar-refractivity contribution >= 4 is 34.6 Å². The van der Waals surface area contributed by atoms with Crippen molar-refractivity contribution in [3.05, 3.63) is 119 Å². The highest BCUT2D eigenvalue weighted by Gasteiger charge is 2.46. The summed E-state index contributed by atoms with van der Waals surface area (Å²) in [4.78, 5) is 48.6. The van der Waals surface area contributed by atoms with Gasteiger partial charge in [0.15, 0.2) is 17.0 Å². The lowest BCUT2D eigenvalue weighted by molar-refractivity contribution is 0.00758. The Hall–Kier alpha value is -6.30. The number of aromatic hydroxyl groups is 1. The summed E-state index contributed by atoms with van der Waals surface area (Å²) in [6, 6.07) is 21.4. The van der Waals surface area contributed by atoms with Crippen LogP contribution in [0.1, 0.15) is 47.7 Å². The molecule has 284 valence electrons. The number of H-pyrrole nitrogens is 1. The van der Waals surface area contributed by atoms with Crippen LogP contribution in [-0.4, -0.2) is 98.4 Å². The number of carbonyl (C=O) groups is 1. The molecule has 0 radical (unpaired) electrons. The number of fused-ring (bicyclic) bond motifs is 1. The largest absolute Gasteiger partial charge is 0.493 e. The molecule has 17 nitrogen and oxygen atoms in total. The van der Waals surface area contributed by atoms with Crippen LogP contribution >= 0.6 is 0 Å². The van der Waals surface area contributed by atoms with E-state index in [1.165, 1.54) is 6.33 Å². The van der Waals surface area contributed by atoms with Crippen LogP contribution in [0.15, 0.2) is 96.3 Å². The van der Waals surface area contributed by atoms with Crippen LogP contribution < -0.4 is 26.5 Å². The zero-order chi connectivity index (χ0) is 38.1. The van der Waals surface area contributed by atoms with Crippen LogP contribution in [0.4, 0.5) is 22.2 Å². The number of hydrogen-bond donors (Lipinski definition) is 8. The van der Waals surface area contributed by atoms with E-state index < -0.39 is 42.5 Å².